The monoisotopic (exact) mass is 445 g/mol. The van der Waals surface area contributed by atoms with E-state index in [1.165, 1.54) is 71.0 Å². The molecule has 0 aromatic heterocycles. The minimum Gasteiger partial charge on any atom is -0.504 e. The number of rotatable bonds is 18. The van der Waals surface area contributed by atoms with Crippen LogP contribution in [0.1, 0.15) is 102 Å². The van der Waals surface area contributed by atoms with Gasteiger partial charge in [-0.2, -0.15) is 0 Å². The lowest BCUT2D eigenvalue weighted by Gasteiger charge is -2.07. The van der Waals surface area contributed by atoms with Gasteiger partial charge in [-0.15, -0.1) is 0 Å². The van der Waals surface area contributed by atoms with Gasteiger partial charge in [0.1, 0.15) is 0 Å². The van der Waals surface area contributed by atoms with E-state index in [0.717, 1.165) is 25.7 Å². The van der Waals surface area contributed by atoms with E-state index >= 15 is 0 Å². The molecular weight excluding hydrogens is 402 g/mol. The molecule has 0 aliphatic heterocycles. The lowest BCUT2D eigenvalue weighted by Crippen LogP contribution is -2.31. The van der Waals surface area contributed by atoms with Gasteiger partial charge in [0.15, 0.2) is 11.5 Å². The van der Waals surface area contributed by atoms with Gasteiger partial charge in [-0.25, -0.2) is 0 Å². The smallest absolute Gasteiger partial charge is 0.230 e. The Balaban J connectivity index is 1.99. The molecule has 2 amide bonds. The van der Waals surface area contributed by atoms with E-state index < -0.39 is 0 Å². The summed E-state index contributed by atoms with van der Waals surface area (Å²) in [5.41, 5.74) is 0.686. The van der Waals surface area contributed by atoms with Crippen LogP contribution in [0.2, 0.25) is 0 Å². The topological polar surface area (TPSA) is 75.6 Å². The highest BCUT2D eigenvalue weighted by atomic mass is 16.5. The summed E-state index contributed by atoms with van der Waals surface area (Å²) >= 11 is 0. The molecule has 0 aliphatic carbocycles. The van der Waals surface area contributed by atoms with Gasteiger partial charge in [-0.3, -0.25) is 14.9 Å². The van der Waals surface area contributed by atoms with Crippen LogP contribution in [0.4, 0.5) is 0 Å². The molecule has 5 nitrogen and oxygen atoms in total. The van der Waals surface area contributed by atoms with Crippen molar-refractivity contribution in [3.8, 4) is 11.5 Å². The number of benzene rings is 1. The van der Waals surface area contributed by atoms with Gasteiger partial charge < -0.3 is 9.84 Å². The first-order chi connectivity index (χ1) is 15.6. The van der Waals surface area contributed by atoms with Crippen LogP contribution >= 0.6 is 0 Å². The third-order valence-electron chi connectivity index (χ3n) is 5.55. The quantitative estimate of drug-likeness (QED) is 0.197. The number of aromatic hydroxyl groups is 1. The molecule has 0 heterocycles. The second-order valence-corrected chi connectivity index (χ2v) is 8.49. The first kappa shape index (κ1) is 27.7. The molecule has 32 heavy (non-hydrogen) atoms. The van der Waals surface area contributed by atoms with Crippen molar-refractivity contribution in [1.82, 2.24) is 5.32 Å². The normalized spacial score (nSPS) is 11.1. The molecule has 180 valence electrons. The second kappa shape index (κ2) is 18.3. The molecule has 0 aliphatic rings. The summed E-state index contributed by atoms with van der Waals surface area (Å²) in [5.74, 6) is -0.222. The third-order valence-corrected chi connectivity index (χ3v) is 5.55. The Bertz CT molecular complexity index is 684. The number of phenols is 1. The first-order valence-electron chi connectivity index (χ1n) is 12.4. The maximum absolute atomic E-state index is 12.0. The highest BCUT2D eigenvalue weighted by Crippen LogP contribution is 2.26. The highest BCUT2D eigenvalue weighted by molar-refractivity contribution is 5.96. The number of phenolic OH excluding ortho intramolecular Hbond substituents is 1. The Morgan fingerprint density at radius 2 is 1.47 bits per heavy atom. The van der Waals surface area contributed by atoms with Gasteiger partial charge in [0, 0.05) is 6.42 Å². The number of hydrogen-bond acceptors (Lipinski definition) is 4. The zero-order valence-corrected chi connectivity index (χ0v) is 20.2. The standard InChI is InChI=1S/C27H43NO4/c1-3-4-5-6-7-8-9-10-11-12-13-14-15-16-17-18-26(30)28-27(31)22-23-19-20-24(29)25(21-23)32-2/h10-11,19-21,29H,3-9,12-18,22H2,1-2H3,(H,28,30,31)/b11-10-. The summed E-state index contributed by atoms with van der Waals surface area (Å²) in [6.07, 6.45) is 20.9. The molecule has 0 radical (unpaired) electrons. The number of ether oxygens (including phenoxy) is 1. The van der Waals surface area contributed by atoms with Crippen LogP contribution in [-0.4, -0.2) is 24.0 Å². The Morgan fingerprint density at radius 3 is 2.09 bits per heavy atom. The van der Waals surface area contributed by atoms with Crippen LogP contribution < -0.4 is 10.1 Å². The van der Waals surface area contributed by atoms with E-state index in [2.05, 4.69) is 24.4 Å². The van der Waals surface area contributed by atoms with Crippen LogP contribution in [0.25, 0.3) is 0 Å². The molecule has 0 unspecified atom stereocenters. The largest absolute Gasteiger partial charge is 0.504 e. The molecule has 1 aromatic rings. The molecular formula is C27H43NO4. The average molecular weight is 446 g/mol. The van der Waals surface area contributed by atoms with Crippen molar-refractivity contribution >= 4 is 11.8 Å². The van der Waals surface area contributed by atoms with Crippen molar-refractivity contribution in [2.24, 2.45) is 0 Å². The summed E-state index contributed by atoms with van der Waals surface area (Å²) in [5, 5.41) is 12.0. The fraction of sp³-hybridized carbons (Fsp3) is 0.630. The van der Waals surface area contributed by atoms with E-state index in [4.69, 9.17) is 4.74 Å². The van der Waals surface area contributed by atoms with Crippen molar-refractivity contribution < 1.29 is 19.4 Å². The number of unbranched alkanes of at least 4 members (excludes halogenated alkanes) is 11. The predicted molar refractivity (Wildman–Crippen MR) is 131 cm³/mol. The number of amides is 2. The molecule has 1 aromatic carbocycles. The maximum atomic E-state index is 12.0. The number of carbonyl (C=O) groups excluding carboxylic acids is 2. The molecule has 5 heteroatoms. The lowest BCUT2D eigenvalue weighted by atomic mass is 10.1. The molecule has 1 rings (SSSR count). The number of imide groups is 1. The summed E-state index contributed by atoms with van der Waals surface area (Å²) in [7, 11) is 1.45. The Hall–Kier alpha value is -2.30. The van der Waals surface area contributed by atoms with Crippen molar-refractivity contribution in [1.29, 1.82) is 0 Å². The first-order valence-corrected chi connectivity index (χ1v) is 12.4. The van der Waals surface area contributed by atoms with Gasteiger partial charge in [0.25, 0.3) is 0 Å². The van der Waals surface area contributed by atoms with Crippen molar-refractivity contribution in [2.75, 3.05) is 7.11 Å². The van der Waals surface area contributed by atoms with E-state index in [1.807, 2.05) is 0 Å². The van der Waals surface area contributed by atoms with Crippen LogP contribution in [0.3, 0.4) is 0 Å². The van der Waals surface area contributed by atoms with Crippen molar-refractivity contribution in [3.05, 3.63) is 35.9 Å². The number of carbonyl (C=O) groups is 2. The van der Waals surface area contributed by atoms with E-state index in [9.17, 15) is 14.7 Å². The third kappa shape index (κ3) is 13.9. The Labute approximate surface area is 194 Å². The molecule has 0 atom stereocenters. The fourth-order valence-corrected chi connectivity index (χ4v) is 3.64. The van der Waals surface area contributed by atoms with Gasteiger partial charge in [-0.1, -0.05) is 76.5 Å². The molecule has 2 N–H and O–H groups in total. The van der Waals surface area contributed by atoms with E-state index in [0.29, 0.717) is 17.7 Å². The minimum absolute atomic E-state index is 0.0249. The lowest BCUT2D eigenvalue weighted by molar-refractivity contribution is -0.130. The second-order valence-electron chi connectivity index (χ2n) is 8.49. The number of allylic oxidation sites excluding steroid dienone is 2. The predicted octanol–water partition coefficient (Wildman–Crippen LogP) is 6.62. The molecule has 0 saturated carbocycles. The zero-order valence-electron chi connectivity index (χ0n) is 20.2. The van der Waals surface area contributed by atoms with Crippen LogP contribution in [0.15, 0.2) is 30.4 Å². The molecule has 0 bridgehead atoms. The van der Waals surface area contributed by atoms with Crippen LogP contribution in [0.5, 0.6) is 11.5 Å². The summed E-state index contributed by atoms with van der Waals surface area (Å²) in [4.78, 5) is 24.0. The van der Waals surface area contributed by atoms with Gasteiger partial charge >= 0.3 is 0 Å². The SMILES string of the molecule is CCCCCCCC/C=C\CCCCCCCC(=O)NC(=O)Cc1ccc(O)c(OC)c1. The molecule has 0 spiro atoms. The summed E-state index contributed by atoms with van der Waals surface area (Å²) < 4.78 is 5.03. The molecule has 0 saturated heterocycles. The highest BCUT2D eigenvalue weighted by Gasteiger charge is 2.10. The van der Waals surface area contributed by atoms with Gasteiger partial charge in [0.05, 0.1) is 13.5 Å². The Kier molecular flexibility index (Phi) is 15.9. The van der Waals surface area contributed by atoms with Crippen molar-refractivity contribution in [3.63, 3.8) is 0 Å². The van der Waals surface area contributed by atoms with Gasteiger partial charge in [-0.05, 0) is 49.8 Å². The maximum Gasteiger partial charge on any atom is 0.230 e. The van der Waals surface area contributed by atoms with Crippen molar-refractivity contribution in [2.45, 2.75) is 103 Å². The number of methoxy groups -OCH3 is 1. The van der Waals surface area contributed by atoms with E-state index in [-0.39, 0.29) is 24.0 Å². The summed E-state index contributed by atoms with van der Waals surface area (Å²) in [6.45, 7) is 2.25. The number of hydrogen-bond donors (Lipinski definition) is 2. The number of nitrogens with one attached hydrogen (secondary N) is 1. The Morgan fingerprint density at radius 1 is 0.875 bits per heavy atom. The van der Waals surface area contributed by atoms with E-state index in [1.54, 1.807) is 12.1 Å². The average Bonchev–Trinajstić information content (AvgIpc) is 2.77. The van der Waals surface area contributed by atoms with Gasteiger partial charge in [0.2, 0.25) is 11.8 Å². The molecule has 0 fully saturated rings. The summed E-state index contributed by atoms with van der Waals surface area (Å²) in [6, 6.07) is 4.73. The van der Waals surface area contributed by atoms with Crippen LogP contribution in [-0.2, 0) is 16.0 Å². The zero-order chi connectivity index (χ0) is 23.4. The minimum atomic E-state index is -0.338. The fourth-order valence-electron chi connectivity index (χ4n) is 3.64. The van der Waals surface area contributed by atoms with Crippen LogP contribution in [0, 0.1) is 0 Å².